The lowest BCUT2D eigenvalue weighted by Crippen LogP contribution is -2.59. The van der Waals surface area contributed by atoms with Crippen molar-refractivity contribution in [1.29, 1.82) is 0 Å². The first-order chi connectivity index (χ1) is 12.4. The summed E-state index contributed by atoms with van der Waals surface area (Å²) in [7, 11) is 0. The fraction of sp³-hybridized carbons (Fsp3) is 0.300. The number of carbonyl (C=O) groups excluding carboxylic acids is 2. The second kappa shape index (κ2) is 4.65. The quantitative estimate of drug-likeness (QED) is 0.718. The highest BCUT2D eigenvalue weighted by atomic mass is 16.6. The van der Waals surface area contributed by atoms with Crippen LogP contribution >= 0.6 is 0 Å². The summed E-state index contributed by atoms with van der Waals surface area (Å²) >= 11 is 0. The van der Waals surface area contributed by atoms with Crippen molar-refractivity contribution < 1.29 is 19.4 Å². The number of fused-ring (bicyclic) bond motifs is 5. The highest BCUT2D eigenvalue weighted by Gasteiger charge is 2.72. The zero-order valence-corrected chi connectivity index (χ0v) is 14.2. The largest absolute Gasteiger partial charge is 0.454 e. The van der Waals surface area contributed by atoms with Gasteiger partial charge in [-0.3, -0.25) is 9.59 Å². The van der Waals surface area contributed by atoms with Crippen molar-refractivity contribution in [2.24, 2.45) is 0 Å². The lowest BCUT2D eigenvalue weighted by molar-refractivity contribution is -0.175. The molecule has 6 heteroatoms. The zero-order chi connectivity index (χ0) is 18.3. The summed E-state index contributed by atoms with van der Waals surface area (Å²) in [5.41, 5.74) is 6.58. The van der Waals surface area contributed by atoms with E-state index in [1.54, 1.807) is 24.3 Å². The van der Waals surface area contributed by atoms with Crippen LogP contribution < -0.4 is 15.8 Å². The van der Waals surface area contributed by atoms with Crippen molar-refractivity contribution in [3.8, 4) is 5.75 Å². The molecule has 0 unspecified atom stereocenters. The van der Waals surface area contributed by atoms with Gasteiger partial charge in [-0.1, -0.05) is 24.3 Å². The van der Waals surface area contributed by atoms with E-state index in [1.807, 2.05) is 12.1 Å². The standard InChI is InChI=1S/C20H18N2O4/c1-10(23)22-19-13-8-7-12(11-5-6-11)9-16(13)26-20(19,25)14-3-2-4-15(21)17(14)18(19)24/h2-4,7-9,11,25H,5-6,21H2,1H3,(H,22,23)/t19-,20-/m1/s1. The minimum absolute atomic E-state index is 0.195. The minimum atomic E-state index is -2.02. The molecule has 26 heavy (non-hydrogen) atoms. The molecular weight excluding hydrogens is 332 g/mol. The van der Waals surface area contributed by atoms with Gasteiger partial charge in [0.05, 0.1) is 5.56 Å². The van der Waals surface area contributed by atoms with Crippen LogP contribution in [0.2, 0.25) is 0 Å². The molecule has 4 N–H and O–H groups in total. The van der Waals surface area contributed by atoms with E-state index in [-0.39, 0.29) is 16.8 Å². The Morgan fingerprint density at radius 3 is 2.73 bits per heavy atom. The maximum Gasteiger partial charge on any atom is 0.271 e. The van der Waals surface area contributed by atoms with Crippen molar-refractivity contribution >= 4 is 17.4 Å². The Morgan fingerprint density at radius 1 is 1.27 bits per heavy atom. The Hall–Kier alpha value is -2.86. The Labute approximate surface area is 150 Å². The van der Waals surface area contributed by atoms with E-state index < -0.39 is 23.0 Å². The topological polar surface area (TPSA) is 102 Å². The van der Waals surface area contributed by atoms with Gasteiger partial charge in [0, 0.05) is 23.7 Å². The predicted molar refractivity (Wildman–Crippen MR) is 93.6 cm³/mol. The third-order valence-corrected chi connectivity index (χ3v) is 5.62. The fourth-order valence-electron chi connectivity index (χ4n) is 4.32. The number of aliphatic hydroxyl groups is 1. The summed E-state index contributed by atoms with van der Waals surface area (Å²) in [6.07, 6.45) is 2.25. The van der Waals surface area contributed by atoms with E-state index in [0.29, 0.717) is 17.2 Å². The molecule has 132 valence electrons. The molecule has 1 saturated carbocycles. The molecule has 2 aromatic rings. The van der Waals surface area contributed by atoms with Crippen molar-refractivity contribution in [1.82, 2.24) is 5.32 Å². The maximum absolute atomic E-state index is 13.4. The van der Waals surface area contributed by atoms with E-state index in [1.165, 1.54) is 6.92 Å². The van der Waals surface area contributed by atoms with Crippen LogP contribution in [-0.2, 0) is 16.1 Å². The number of ether oxygens (including phenoxy) is 1. The molecule has 3 aliphatic rings. The van der Waals surface area contributed by atoms with Crippen LogP contribution in [0.15, 0.2) is 36.4 Å². The Morgan fingerprint density at radius 2 is 2.04 bits per heavy atom. The smallest absolute Gasteiger partial charge is 0.271 e. The first-order valence-electron chi connectivity index (χ1n) is 8.67. The summed E-state index contributed by atoms with van der Waals surface area (Å²) < 4.78 is 5.96. The van der Waals surface area contributed by atoms with Gasteiger partial charge in [0.25, 0.3) is 5.79 Å². The second-order valence-electron chi connectivity index (χ2n) is 7.31. The number of anilines is 1. The third-order valence-electron chi connectivity index (χ3n) is 5.62. The Kier molecular flexibility index (Phi) is 2.75. The molecule has 1 aliphatic heterocycles. The maximum atomic E-state index is 13.4. The van der Waals surface area contributed by atoms with Gasteiger partial charge in [0.2, 0.25) is 17.2 Å². The molecule has 2 atom stereocenters. The number of Topliss-reactive ketones (excluding diaryl/α,β-unsaturated/α-hetero) is 1. The average Bonchev–Trinajstić information content (AvgIpc) is 3.37. The van der Waals surface area contributed by atoms with Gasteiger partial charge >= 0.3 is 0 Å². The second-order valence-corrected chi connectivity index (χ2v) is 7.31. The lowest BCUT2D eigenvalue weighted by atomic mass is 9.82. The number of carbonyl (C=O) groups is 2. The zero-order valence-electron chi connectivity index (χ0n) is 14.2. The third kappa shape index (κ3) is 1.65. The van der Waals surface area contributed by atoms with Crippen molar-refractivity contribution in [2.45, 2.75) is 37.0 Å². The van der Waals surface area contributed by atoms with E-state index in [9.17, 15) is 14.7 Å². The van der Waals surface area contributed by atoms with Gasteiger partial charge in [-0.2, -0.15) is 0 Å². The number of nitrogen functional groups attached to an aromatic ring is 1. The van der Waals surface area contributed by atoms with Crippen LogP contribution in [0.25, 0.3) is 0 Å². The Bertz CT molecular complexity index is 997. The van der Waals surface area contributed by atoms with Crippen LogP contribution in [0.1, 0.15) is 52.7 Å². The van der Waals surface area contributed by atoms with Crippen LogP contribution in [0.5, 0.6) is 5.75 Å². The summed E-state index contributed by atoms with van der Waals surface area (Å²) in [5, 5.41) is 14.2. The van der Waals surface area contributed by atoms with E-state index in [2.05, 4.69) is 5.32 Å². The Balaban J connectivity index is 1.79. The van der Waals surface area contributed by atoms with Gasteiger partial charge < -0.3 is 20.9 Å². The van der Waals surface area contributed by atoms with Crippen LogP contribution in [0.4, 0.5) is 5.69 Å². The number of benzene rings is 2. The van der Waals surface area contributed by atoms with Crippen molar-refractivity contribution in [3.05, 3.63) is 58.7 Å². The average molecular weight is 350 g/mol. The molecule has 1 heterocycles. The molecular formula is C20H18N2O4. The van der Waals surface area contributed by atoms with E-state index >= 15 is 0 Å². The molecule has 0 radical (unpaired) electrons. The number of ketones is 1. The summed E-state index contributed by atoms with van der Waals surface area (Å²) in [6.45, 7) is 1.31. The lowest BCUT2D eigenvalue weighted by Gasteiger charge is -2.34. The van der Waals surface area contributed by atoms with Crippen molar-refractivity contribution in [2.75, 3.05) is 5.73 Å². The minimum Gasteiger partial charge on any atom is -0.454 e. The molecule has 2 aliphatic carbocycles. The van der Waals surface area contributed by atoms with Gasteiger partial charge in [-0.05, 0) is 36.5 Å². The molecule has 5 rings (SSSR count). The monoisotopic (exact) mass is 350 g/mol. The molecule has 0 aromatic heterocycles. The van der Waals surface area contributed by atoms with Gasteiger partial charge in [-0.25, -0.2) is 0 Å². The summed E-state index contributed by atoms with van der Waals surface area (Å²) in [5.74, 6) is -2.00. The van der Waals surface area contributed by atoms with Crippen LogP contribution in [-0.4, -0.2) is 16.8 Å². The summed E-state index contributed by atoms with van der Waals surface area (Å²) in [6, 6.07) is 10.4. The normalized spacial score (nSPS) is 28.2. The SMILES string of the molecule is CC(=O)N[C@]12C(=O)c3c(N)cccc3[C@@]1(O)Oc1cc(C3CC3)ccc12. The number of hydrogen-bond acceptors (Lipinski definition) is 5. The predicted octanol–water partition coefficient (Wildman–Crippen LogP) is 1.91. The van der Waals surface area contributed by atoms with E-state index in [0.717, 1.165) is 18.4 Å². The van der Waals surface area contributed by atoms with E-state index in [4.69, 9.17) is 10.5 Å². The highest BCUT2D eigenvalue weighted by Crippen LogP contribution is 2.59. The van der Waals surface area contributed by atoms with Gasteiger partial charge in [0.15, 0.2) is 0 Å². The molecule has 6 nitrogen and oxygen atoms in total. The first-order valence-corrected chi connectivity index (χ1v) is 8.67. The number of nitrogens with two attached hydrogens (primary N) is 1. The molecule has 1 amide bonds. The first kappa shape index (κ1) is 15.4. The van der Waals surface area contributed by atoms with Gasteiger partial charge in [0.1, 0.15) is 5.75 Å². The number of rotatable bonds is 2. The molecule has 1 fully saturated rings. The molecule has 0 spiro atoms. The number of amides is 1. The molecule has 0 saturated heterocycles. The number of hydrogen-bond donors (Lipinski definition) is 3. The fourth-order valence-corrected chi connectivity index (χ4v) is 4.32. The van der Waals surface area contributed by atoms with Crippen LogP contribution in [0, 0.1) is 0 Å². The highest BCUT2D eigenvalue weighted by molar-refractivity contribution is 6.15. The molecule has 2 aromatic carbocycles. The molecule has 0 bridgehead atoms. The number of nitrogens with one attached hydrogen (secondary N) is 1. The van der Waals surface area contributed by atoms with Crippen LogP contribution in [0.3, 0.4) is 0 Å². The van der Waals surface area contributed by atoms with Gasteiger partial charge in [-0.15, -0.1) is 0 Å². The van der Waals surface area contributed by atoms with Crippen molar-refractivity contribution in [3.63, 3.8) is 0 Å². The summed E-state index contributed by atoms with van der Waals surface area (Å²) in [4.78, 5) is 25.4.